The lowest BCUT2D eigenvalue weighted by Gasteiger charge is -2.13. The lowest BCUT2D eigenvalue weighted by atomic mass is 10.1. The zero-order valence-corrected chi connectivity index (χ0v) is 39.0. The number of Topliss-reactive ketones (excluding diaryl/α,β-unsaturated/α-hetero) is 1. The number of nitrogens with one attached hydrogen (secondary N) is 1. The van der Waals surface area contributed by atoms with Crippen molar-refractivity contribution in [1.82, 2.24) is 49.0 Å². The van der Waals surface area contributed by atoms with Gasteiger partial charge in [0.2, 0.25) is 11.8 Å². The molecule has 0 atom stereocenters. The van der Waals surface area contributed by atoms with E-state index in [9.17, 15) is 24.0 Å². The zero-order valence-electron chi connectivity index (χ0n) is 39.0. The molecule has 0 fully saturated rings. The number of carbonyl (C=O) groups excluding carboxylic acids is 4. The maximum atomic E-state index is 14.0. The number of methoxy groups -OCH3 is 1. The molecule has 0 saturated heterocycles. The highest BCUT2D eigenvalue weighted by atomic mass is 16.6. The summed E-state index contributed by atoms with van der Waals surface area (Å²) >= 11 is 0. The first-order chi connectivity index (χ1) is 33.2. The molecule has 22 heteroatoms. The number of carboxylic acid groups (broad SMARTS) is 1. The maximum Gasteiger partial charge on any atom is 0.407 e. The van der Waals surface area contributed by atoms with Crippen LogP contribution in [0.5, 0.6) is 11.5 Å². The van der Waals surface area contributed by atoms with Crippen LogP contribution >= 0.6 is 0 Å². The van der Waals surface area contributed by atoms with Gasteiger partial charge in [-0.15, -0.1) is 0 Å². The molecule has 3 amide bonds. The number of carboxylic acids is 1. The summed E-state index contributed by atoms with van der Waals surface area (Å²) < 4.78 is 29.7. The van der Waals surface area contributed by atoms with E-state index in [1.807, 2.05) is 59.7 Å². The van der Waals surface area contributed by atoms with Crippen LogP contribution in [0.3, 0.4) is 0 Å². The average molecular weight is 947 g/mol. The van der Waals surface area contributed by atoms with E-state index in [2.05, 4.69) is 20.3 Å². The largest absolute Gasteiger partial charge is 0.491 e. The highest BCUT2D eigenvalue weighted by Crippen LogP contribution is 2.37. The van der Waals surface area contributed by atoms with Crippen LogP contribution in [0.4, 0.5) is 4.79 Å². The van der Waals surface area contributed by atoms with E-state index in [0.717, 1.165) is 11.4 Å². The van der Waals surface area contributed by atoms with Gasteiger partial charge in [-0.2, -0.15) is 10.2 Å². The van der Waals surface area contributed by atoms with Crippen molar-refractivity contribution in [2.45, 2.75) is 73.1 Å². The summed E-state index contributed by atoms with van der Waals surface area (Å²) in [6.07, 6.45) is 5.38. The number of benzene rings is 2. The molecule has 0 unspecified atom stereocenters. The van der Waals surface area contributed by atoms with Crippen LogP contribution in [0, 0.1) is 13.8 Å². The van der Waals surface area contributed by atoms with Gasteiger partial charge in [0.15, 0.2) is 18.2 Å². The van der Waals surface area contributed by atoms with Gasteiger partial charge in [-0.1, -0.05) is 12.2 Å². The molecule has 0 aliphatic rings. The first-order valence-corrected chi connectivity index (χ1v) is 22.3. The molecule has 7 aromatic rings. The van der Waals surface area contributed by atoms with Gasteiger partial charge in [0.05, 0.1) is 42.1 Å². The number of allylic oxidation sites excluding steroid dienone is 2. The number of fused-ring (bicyclic) bond motifs is 4. The van der Waals surface area contributed by atoms with E-state index >= 15 is 0 Å². The number of hydrogen-bond acceptors (Lipinski definition) is 14. The van der Waals surface area contributed by atoms with E-state index in [-0.39, 0.29) is 61.7 Å². The number of aliphatic carboxylic acids is 1. The number of hydrogen-bond donors (Lipinski definition) is 4. The Balaban J connectivity index is 1.30. The summed E-state index contributed by atoms with van der Waals surface area (Å²) in [7, 11) is 1.61. The minimum Gasteiger partial charge on any atom is -0.491 e. The van der Waals surface area contributed by atoms with Gasteiger partial charge >= 0.3 is 12.1 Å². The molecular formula is C47H54N12O10. The summed E-state index contributed by atoms with van der Waals surface area (Å²) in [5, 5.41) is 21.6. The number of primary amides is 2. The smallest absolute Gasteiger partial charge is 0.407 e. The lowest BCUT2D eigenvalue weighted by Crippen LogP contribution is -2.28. The molecular weight excluding hydrogens is 893 g/mol. The first-order valence-electron chi connectivity index (χ1n) is 22.3. The fraction of sp³-hybridized carbons (Fsp3) is 0.362. The van der Waals surface area contributed by atoms with Gasteiger partial charge in [0, 0.05) is 81.0 Å². The van der Waals surface area contributed by atoms with Crippen molar-refractivity contribution >= 4 is 62.6 Å². The van der Waals surface area contributed by atoms with E-state index < -0.39 is 30.5 Å². The van der Waals surface area contributed by atoms with Crippen molar-refractivity contribution in [3.8, 4) is 23.0 Å². The zero-order chi connectivity index (χ0) is 49.4. The Morgan fingerprint density at radius 2 is 1.42 bits per heavy atom. The van der Waals surface area contributed by atoms with Crippen LogP contribution in [0.2, 0.25) is 0 Å². The van der Waals surface area contributed by atoms with Crippen LogP contribution in [0.15, 0.2) is 54.7 Å². The third kappa shape index (κ3) is 11.0. The Kier molecular flexibility index (Phi) is 15.3. The van der Waals surface area contributed by atoms with Crippen molar-refractivity contribution in [3.63, 3.8) is 0 Å². The predicted octanol–water partition coefficient (Wildman–Crippen LogP) is 4.53. The van der Waals surface area contributed by atoms with Crippen LogP contribution in [0.25, 0.3) is 44.5 Å². The molecule has 0 spiro atoms. The Morgan fingerprint density at radius 3 is 2.10 bits per heavy atom. The minimum absolute atomic E-state index is 0.0460. The number of ketones is 1. The maximum absolute atomic E-state index is 14.0. The van der Waals surface area contributed by atoms with E-state index in [0.29, 0.717) is 94.5 Å². The summed E-state index contributed by atoms with van der Waals surface area (Å²) in [5.74, 6) is -1.39. The Bertz CT molecular complexity index is 3110. The second-order valence-electron chi connectivity index (χ2n) is 16.0. The van der Waals surface area contributed by atoms with Gasteiger partial charge in [-0.05, 0) is 70.5 Å². The summed E-state index contributed by atoms with van der Waals surface area (Å²) in [5.41, 5.74) is 16.7. The average Bonchev–Trinajstić information content (AvgIpc) is 4.08. The highest BCUT2D eigenvalue weighted by Gasteiger charge is 2.24. The molecule has 0 bridgehead atoms. The number of alkyl carbamates (subject to hydrolysis) is 1. The van der Waals surface area contributed by atoms with E-state index in [1.165, 1.54) is 12.1 Å². The van der Waals surface area contributed by atoms with Crippen molar-refractivity contribution in [2.75, 3.05) is 40.1 Å². The second-order valence-corrected chi connectivity index (χ2v) is 16.0. The van der Waals surface area contributed by atoms with Crippen LogP contribution in [-0.2, 0) is 46.9 Å². The fourth-order valence-electron chi connectivity index (χ4n) is 7.96. The Labute approximate surface area is 395 Å². The summed E-state index contributed by atoms with van der Waals surface area (Å²) in [6.45, 7) is 9.18. The summed E-state index contributed by atoms with van der Waals surface area (Å²) in [4.78, 5) is 76.7. The number of nitrogens with zero attached hydrogens (tertiary/aromatic N) is 9. The van der Waals surface area contributed by atoms with Crippen LogP contribution < -0.4 is 26.3 Å². The van der Waals surface area contributed by atoms with Crippen molar-refractivity contribution in [3.05, 3.63) is 88.8 Å². The molecule has 5 aromatic heterocycles. The predicted molar refractivity (Wildman–Crippen MR) is 252 cm³/mol. The standard InChI is InChI=1S/C47H54N12O10/c1-6-58-34(18-27(3)54-58)36(60)24-39-52-33-21-30(44(49)64)23-38(67-16-10-12-50-47(65)69-26-40(61)62)42(33)56(39)13-8-9-14-57-41-31(20-29(43(48)63)22-37(41)68-17-11-15-66-5)32-25-51-45(53-46(32)57)35-19-28(4)55-59(35)7-2/h8-9,18-23,25H,6-7,10-17,24,26H2,1-5H3,(H2,48,63)(H2,49,64)(H,50,65)(H,61,62)/b9-8+. The van der Waals surface area contributed by atoms with Gasteiger partial charge in [0.1, 0.15) is 39.9 Å². The number of ether oxygens (including phenoxy) is 4. The molecule has 0 aliphatic carbocycles. The molecule has 7 rings (SSSR count). The molecule has 5 heterocycles. The lowest BCUT2D eigenvalue weighted by molar-refractivity contribution is -0.140. The molecule has 6 N–H and O–H groups in total. The SMILES string of the molecule is CCn1nc(C)cc1C(=O)Cc1nc2cc(C(N)=O)cc(OCCCNC(=O)OCC(=O)O)c2n1C/C=C/Cn1c2nc(-c3cc(C)nn3CC)ncc2c2cc(C(N)=O)cc(OCCCOC)c21. The quantitative estimate of drug-likeness (QED) is 0.0368. The van der Waals surface area contributed by atoms with Gasteiger partial charge in [-0.3, -0.25) is 23.7 Å². The number of amides is 3. The van der Waals surface area contributed by atoms with Crippen molar-refractivity contribution in [1.29, 1.82) is 0 Å². The van der Waals surface area contributed by atoms with Gasteiger partial charge < -0.3 is 50.0 Å². The Morgan fingerprint density at radius 1 is 0.768 bits per heavy atom. The van der Waals surface area contributed by atoms with Crippen molar-refractivity contribution in [2.24, 2.45) is 11.5 Å². The third-order valence-corrected chi connectivity index (χ3v) is 11.0. The number of aryl methyl sites for hydroxylation is 4. The number of aromatic nitrogens is 9. The first kappa shape index (κ1) is 48.8. The van der Waals surface area contributed by atoms with E-state index in [4.69, 9.17) is 45.7 Å². The second kappa shape index (κ2) is 21.7. The highest BCUT2D eigenvalue weighted by molar-refractivity contribution is 6.12. The molecule has 2 aromatic carbocycles. The molecule has 0 radical (unpaired) electrons. The van der Waals surface area contributed by atoms with E-state index in [1.54, 1.807) is 36.2 Å². The van der Waals surface area contributed by atoms with Crippen LogP contribution in [-0.4, -0.2) is 118 Å². The third-order valence-electron chi connectivity index (χ3n) is 11.0. The molecule has 0 aliphatic heterocycles. The number of rotatable bonds is 24. The van der Waals surface area contributed by atoms with Gasteiger partial charge in [0.25, 0.3) is 0 Å². The molecule has 362 valence electrons. The van der Waals surface area contributed by atoms with Crippen LogP contribution in [0.1, 0.15) is 75.1 Å². The monoisotopic (exact) mass is 946 g/mol. The van der Waals surface area contributed by atoms with Crippen molar-refractivity contribution < 1.29 is 48.0 Å². The summed E-state index contributed by atoms with van der Waals surface area (Å²) in [6, 6.07) is 10.0. The Hall–Kier alpha value is -8.14. The fourth-order valence-corrected chi connectivity index (χ4v) is 7.96. The molecule has 69 heavy (non-hydrogen) atoms. The molecule has 0 saturated carbocycles. The normalized spacial score (nSPS) is 11.6. The number of imidazole rings is 1. The number of carbonyl (C=O) groups is 5. The molecule has 22 nitrogen and oxygen atoms in total. The van der Waals surface area contributed by atoms with Gasteiger partial charge in [-0.25, -0.2) is 24.5 Å². The number of nitrogens with two attached hydrogens (primary N) is 2. The topological polar surface area (TPSA) is 291 Å². The minimum atomic E-state index is -1.29.